The van der Waals surface area contributed by atoms with Gasteiger partial charge in [0, 0.05) is 0 Å². The Morgan fingerprint density at radius 3 is 2.44 bits per heavy atom. The zero-order valence-electron chi connectivity index (χ0n) is 8.33. The molecule has 0 aliphatic carbocycles. The molecule has 0 heterocycles. The molecule has 0 bridgehead atoms. The van der Waals surface area contributed by atoms with Crippen LogP contribution in [0.4, 0.5) is 0 Å². The first-order chi connectivity index (χ1) is 7.43. The van der Waals surface area contributed by atoms with Gasteiger partial charge in [-0.05, 0) is 24.6 Å². The van der Waals surface area contributed by atoms with Crippen LogP contribution in [0.3, 0.4) is 0 Å². The zero-order chi connectivity index (χ0) is 12.3. The van der Waals surface area contributed by atoms with Crippen LogP contribution in [0.1, 0.15) is 12.5 Å². The summed E-state index contributed by atoms with van der Waals surface area (Å²) < 4.78 is 0. The Morgan fingerprint density at radius 2 is 1.94 bits per heavy atom. The van der Waals surface area contributed by atoms with Gasteiger partial charge in [0.15, 0.2) is 5.78 Å². The minimum atomic E-state index is -1.29. The Bertz CT molecular complexity index is 462. The van der Waals surface area contributed by atoms with E-state index in [-0.39, 0.29) is 10.6 Å². The van der Waals surface area contributed by atoms with Crippen LogP contribution < -0.4 is 0 Å². The first-order valence-electron chi connectivity index (χ1n) is 4.33. The molecule has 1 aromatic rings. The quantitative estimate of drug-likeness (QED) is 0.515. The number of carboxylic acids is 1. The topological polar surface area (TPSA) is 54.4 Å². The fraction of sp³-hybridized carbons (Fsp3) is 0.0909. The van der Waals surface area contributed by atoms with Crippen molar-refractivity contribution in [1.82, 2.24) is 0 Å². The highest BCUT2D eigenvalue weighted by atomic mass is 35.5. The lowest BCUT2D eigenvalue weighted by molar-refractivity contribution is -0.134. The molecule has 1 rings (SSSR count). The average molecular weight is 259 g/mol. The number of halogens is 2. The van der Waals surface area contributed by atoms with E-state index >= 15 is 0 Å². The highest BCUT2D eigenvalue weighted by molar-refractivity contribution is 6.43. The van der Waals surface area contributed by atoms with E-state index < -0.39 is 11.8 Å². The van der Waals surface area contributed by atoms with Gasteiger partial charge in [0.25, 0.3) is 0 Å². The summed E-state index contributed by atoms with van der Waals surface area (Å²) in [4.78, 5) is 21.8. The third-order valence-electron chi connectivity index (χ3n) is 1.89. The lowest BCUT2D eigenvalue weighted by Crippen LogP contribution is -2.08. The van der Waals surface area contributed by atoms with E-state index in [4.69, 9.17) is 28.3 Å². The van der Waals surface area contributed by atoms with Crippen molar-refractivity contribution in [3.05, 3.63) is 39.4 Å². The van der Waals surface area contributed by atoms with Crippen LogP contribution in [0.25, 0.3) is 6.08 Å². The molecule has 0 fully saturated rings. The molecule has 84 valence electrons. The van der Waals surface area contributed by atoms with Gasteiger partial charge in [-0.3, -0.25) is 4.79 Å². The number of Topliss-reactive ketones (excluding diaryl/α,β-unsaturated/α-hetero) is 1. The number of aliphatic carboxylic acids is 1. The predicted molar refractivity (Wildman–Crippen MR) is 62.8 cm³/mol. The van der Waals surface area contributed by atoms with Crippen LogP contribution in [-0.4, -0.2) is 16.9 Å². The molecule has 3 nitrogen and oxygen atoms in total. The van der Waals surface area contributed by atoms with Gasteiger partial charge in [-0.15, -0.1) is 0 Å². The van der Waals surface area contributed by atoms with Crippen LogP contribution in [0.15, 0.2) is 23.8 Å². The van der Waals surface area contributed by atoms with Crippen molar-refractivity contribution in [3.63, 3.8) is 0 Å². The molecule has 0 spiro atoms. The van der Waals surface area contributed by atoms with Gasteiger partial charge in [-0.1, -0.05) is 35.3 Å². The molecule has 0 aliphatic heterocycles. The van der Waals surface area contributed by atoms with Crippen molar-refractivity contribution in [1.29, 1.82) is 0 Å². The standard InChI is InChI=1S/C11H8Cl2O3/c1-6(14)8(11(15)16)5-7-3-2-4-9(12)10(7)13/h2-5H,1H3,(H,15,16)/b8-5+. The predicted octanol–water partition coefficient (Wildman–Crippen LogP) is 3.05. The number of carboxylic acid groups (broad SMARTS) is 1. The summed E-state index contributed by atoms with van der Waals surface area (Å²) in [6, 6.07) is 4.79. The summed E-state index contributed by atoms with van der Waals surface area (Å²) in [5.41, 5.74) is 0.0749. The van der Waals surface area contributed by atoms with Crippen LogP contribution in [0, 0.1) is 0 Å². The Hall–Kier alpha value is -1.32. The Morgan fingerprint density at radius 1 is 1.31 bits per heavy atom. The number of rotatable bonds is 3. The second-order valence-corrected chi connectivity index (χ2v) is 3.85. The molecule has 1 aromatic carbocycles. The Labute approximate surface area is 102 Å². The van der Waals surface area contributed by atoms with Crippen molar-refractivity contribution in [2.45, 2.75) is 6.92 Å². The highest BCUT2D eigenvalue weighted by Crippen LogP contribution is 2.27. The van der Waals surface area contributed by atoms with Gasteiger partial charge in [0.1, 0.15) is 5.57 Å². The lowest BCUT2D eigenvalue weighted by Gasteiger charge is -2.02. The van der Waals surface area contributed by atoms with E-state index in [2.05, 4.69) is 0 Å². The molecule has 0 aliphatic rings. The van der Waals surface area contributed by atoms with Crippen molar-refractivity contribution in [3.8, 4) is 0 Å². The molecule has 16 heavy (non-hydrogen) atoms. The fourth-order valence-corrected chi connectivity index (χ4v) is 1.46. The number of carbonyl (C=O) groups excluding carboxylic acids is 1. The number of carbonyl (C=O) groups is 2. The molecule has 0 atom stereocenters. The third kappa shape index (κ3) is 2.84. The smallest absolute Gasteiger partial charge is 0.339 e. The average Bonchev–Trinajstić information content (AvgIpc) is 2.19. The van der Waals surface area contributed by atoms with Crippen LogP contribution in [-0.2, 0) is 9.59 Å². The first-order valence-corrected chi connectivity index (χ1v) is 5.09. The van der Waals surface area contributed by atoms with Gasteiger partial charge in [-0.25, -0.2) is 4.79 Å². The van der Waals surface area contributed by atoms with E-state index in [9.17, 15) is 9.59 Å². The summed E-state index contributed by atoms with van der Waals surface area (Å²) in [6.07, 6.45) is 1.21. The van der Waals surface area contributed by atoms with Gasteiger partial charge in [0.2, 0.25) is 0 Å². The minimum absolute atomic E-state index is 0.226. The summed E-state index contributed by atoms with van der Waals surface area (Å²) in [7, 11) is 0. The number of benzene rings is 1. The Balaban J connectivity index is 3.29. The maximum absolute atomic E-state index is 11.1. The molecule has 5 heteroatoms. The Kier molecular flexibility index (Phi) is 4.10. The van der Waals surface area contributed by atoms with Crippen LogP contribution >= 0.6 is 23.2 Å². The van der Waals surface area contributed by atoms with Crippen LogP contribution in [0.2, 0.25) is 10.0 Å². The monoisotopic (exact) mass is 258 g/mol. The van der Waals surface area contributed by atoms with E-state index in [1.807, 2.05) is 0 Å². The summed E-state index contributed by atoms with van der Waals surface area (Å²) in [5, 5.41) is 9.34. The molecule has 1 N–H and O–H groups in total. The van der Waals surface area contributed by atoms with E-state index in [1.54, 1.807) is 18.2 Å². The summed E-state index contributed by atoms with van der Waals surface area (Å²) >= 11 is 11.6. The van der Waals surface area contributed by atoms with Gasteiger partial charge >= 0.3 is 5.97 Å². The molecule has 0 unspecified atom stereocenters. The highest BCUT2D eigenvalue weighted by Gasteiger charge is 2.13. The molecule has 0 saturated heterocycles. The van der Waals surface area contributed by atoms with Gasteiger partial charge in [-0.2, -0.15) is 0 Å². The molecule has 0 aromatic heterocycles. The normalized spacial score (nSPS) is 11.3. The van der Waals surface area contributed by atoms with E-state index in [0.717, 1.165) is 0 Å². The third-order valence-corrected chi connectivity index (χ3v) is 2.72. The second kappa shape index (κ2) is 5.14. The largest absolute Gasteiger partial charge is 0.478 e. The summed E-state index contributed by atoms with van der Waals surface area (Å²) in [5.74, 6) is -1.83. The van der Waals surface area contributed by atoms with Crippen molar-refractivity contribution in [2.75, 3.05) is 0 Å². The molecule has 0 saturated carbocycles. The maximum Gasteiger partial charge on any atom is 0.339 e. The number of hydrogen-bond acceptors (Lipinski definition) is 2. The number of ketones is 1. The zero-order valence-corrected chi connectivity index (χ0v) is 9.84. The lowest BCUT2D eigenvalue weighted by atomic mass is 10.1. The van der Waals surface area contributed by atoms with Crippen molar-refractivity contribution >= 4 is 41.0 Å². The van der Waals surface area contributed by atoms with Crippen molar-refractivity contribution in [2.24, 2.45) is 0 Å². The molecular weight excluding hydrogens is 251 g/mol. The van der Waals surface area contributed by atoms with E-state index in [1.165, 1.54) is 13.0 Å². The maximum atomic E-state index is 11.1. The molecular formula is C11H8Cl2O3. The van der Waals surface area contributed by atoms with E-state index in [0.29, 0.717) is 10.6 Å². The fourth-order valence-electron chi connectivity index (χ4n) is 1.10. The van der Waals surface area contributed by atoms with Crippen molar-refractivity contribution < 1.29 is 14.7 Å². The van der Waals surface area contributed by atoms with Gasteiger partial charge < -0.3 is 5.11 Å². The SMILES string of the molecule is CC(=O)/C(=C\c1cccc(Cl)c1Cl)C(=O)O. The molecule has 0 amide bonds. The molecule has 0 radical (unpaired) electrons. The van der Waals surface area contributed by atoms with Crippen LogP contribution in [0.5, 0.6) is 0 Å². The number of hydrogen-bond donors (Lipinski definition) is 1. The summed E-state index contributed by atoms with van der Waals surface area (Å²) in [6.45, 7) is 1.18. The minimum Gasteiger partial charge on any atom is -0.478 e. The second-order valence-electron chi connectivity index (χ2n) is 3.06. The first kappa shape index (κ1) is 12.7. The van der Waals surface area contributed by atoms with Gasteiger partial charge in [0.05, 0.1) is 10.0 Å².